The number of ether oxygens (including phenoxy) is 6. The van der Waals surface area contributed by atoms with Gasteiger partial charge in [0.05, 0.1) is 19.8 Å². The van der Waals surface area contributed by atoms with Gasteiger partial charge < -0.3 is 28.4 Å². The van der Waals surface area contributed by atoms with Crippen LogP contribution in [-0.2, 0) is 28.5 Å². The summed E-state index contributed by atoms with van der Waals surface area (Å²) in [4.78, 5) is 27.7. The van der Waals surface area contributed by atoms with Crippen LogP contribution in [0.3, 0.4) is 0 Å². The predicted octanol–water partition coefficient (Wildman–Crippen LogP) is 5.48. The normalized spacial score (nSPS) is 26.3. The summed E-state index contributed by atoms with van der Waals surface area (Å²) in [6.45, 7) is 15.0. The Morgan fingerprint density at radius 2 is 1.69 bits per heavy atom. The lowest BCUT2D eigenvalue weighted by Gasteiger charge is -2.37. The summed E-state index contributed by atoms with van der Waals surface area (Å²) in [5.74, 6) is -0.698. The number of esters is 1. The van der Waals surface area contributed by atoms with E-state index in [-0.39, 0.29) is 0 Å². The van der Waals surface area contributed by atoms with E-state index < -0.39 is 53.5 Å². The number of methoxy groups -OCH3 is 1. The molecule has 3 rings (SSSR count). The standard InChI is InChI=1S/C30H43NO8/c1-10-35-21-18-16-20(17-19-21)14-12-11-13-15-22-24(38-30(7,8)36-22)23-25(26(32)34-9)37-29(5,6)31(23)27(33)39-28(2,3)4/h11-14,16-19,22-25H,10,15H2,1-9H3/b13-11-,14-12+/t22-,23+,24+,25-/m0/s1. The summed E-state index contributed by atoms with van der Waals surface area (Å²) in [5, 5.41) is 0. The second kappa shape index (κ2) is 12.1. The molecule has 1 amide bonds. The molecule has 0 aromatic heterocycles. The minimum absolute atomic E-state index is 0.463. The van der Waals surface area contributed by atoms with E-state index in [1.807, 2.05) is 55.5 Å². The topological polar surface area (TPSA) is 92.8 Å². The highest BCUT2D eigenvalue weighted by atomic mass is 16.8. The molecule has 9 nitrogen and oxygen atoms in total. The van der Waals surface area contributed by atoms with Crippen LogP contribution in [0.2, 0.25) is 0 Å². The number of rotatable bonds is 8. The van der Waals surface area contributed by atoms with E-state index in [4.69, 9.17) is 28.4 Å². The molecule has 0 aliphatic carbocycles. The number of carbonyl (C=O) groups excluding carboxylic acids is 2. The van der Waals surface area contributed by atoms with Crippen molar-refractivity contribution in [3.05, 3.63) is 48.1 Å². The van der Waals surface area contributed by atoms with Crippen LogP contribution in [0.4, 0.5) is 4.79 Å². The Balaban J connectivity index is 1.82. The van der Waals surface area contributed by atoms with E-state index >= 15 is 0 Å². The average molecular weight is 546 g/mol. The lowest BCUT2D eigenvalue weighted by atomic mass is 9.96. The summed E-state index contributed by atoms with van der Waals surface area (Å²) in [6, 6.07) is 7.01. The second-order valence-corrected chi connectivity index (χ2v) is 11.5. The molecule has 0 bridgehead atoms. The van der Waals surface area contributed by atoms with Crippen molar-refractivity contribution < 1.29 is 38.0 Å². The molecule has 4 atom stereocenters. The fourth-order valence-electron chi connectivity index (χ4n) is 4.84. The lowest BCUT2D eigenvalue weighted by Crippen LogP contribution is -2.57. The SMILES string of the molecule is CCOc1ccc(/C=C/C=C\C[C@@H]2OC(C)(C)O[C@H]2[C@@H]2[C@@H](C(=O)OC)OC(C)(C)N2C(=O)OC(C)(C)C)cc1. The maximum atomic E-state index is 13.4. The Morgan fingerprint density at radius 3 is 2.28 bits per heavy atom. The summed E-state index contributed by atoms with van der Waals surface area (Å²) >= 11 is 0. The Labute approximate surface area is 232 Å². The lowest BCUT2D eigenvalue weighted by molar-refractivity contribution is -0.162. The van der Waals surface area contributed by atoms with Gasteiger partial charge in [-0.25, -0.2) is 9.59 Å². The van der Waals surface area contributed by atoms with Gasteiger partial charge in [0.15, 0.2) is 11.9 Å². The minimum atomic E-state index is -1.15. The molecule has 0 N–H and O–H groups in total. The highest BCUT2D eigenvalue weighted by Crippen LogP contribution is 2.42. The highest BCUT2D eigenvalue weighted by Gasteiger charge is 2.61. The molecule has 0 unspecified atom stereocenters. The van der Waals surface area contributed by atoms with Gasteiger partial charge in [0.2, 0.25) is 0 Å². The van der Waals surface area contributed by atoms with E-state index in [1.165, 1.54) is 12.0 Å². The number of benzene rings is 1. The van der Waals surface area contributed by atoms with Crippen LogP contribution >= 0.6 is 0 Å². The first kappa shape index (κ1) is 30.7. The third kappa shape index (κ3) is 7.84. The minimum Gasteiger partial charge on any atom is -0.494 e. The zero-order chi connectivity index (χ0) is 29.0. The van der Waals surface area contributed by atoms with E-state index in [1.54, 1.807) is 48.5 Å². The number of hydrogen-bond acceptors (Lipinski definition) is 8. The van der Waals surface area contributed by atoms with Crippen molar-refractivity contribution >= 4 is 18.1 Å². The van der Waals surface area contributed by atoms with Crippen LogP contribution in [0.15, 0.2) is 42.5 Å². The molecule has 39 heavy (non-hydrogen) atoms. The molecule has 2 aliphatic heterocycles. The van der Waals surface area contributed by atoms with E-state index in [2.05, 4.69) is 0 Å². The van der Waals surface area contributed by atoms with Crippen LogP contribution in [0.1, 0.15) is 67.4 Å². The van der Waals surface area contributed by atoms with Gasteiger partial charge in [0.25, 0.3) is 0 Å². The first-order chi connectivity index (χ1) is 18.2. The third-order valence-electron chi connectivity index (χ3n) is 6.28. The summed E-state index contributed by atoms with van der Waals surface area (Å²) in [6.07, 6.45) is 5.49. The van der Waals surface area contributed by atoms with Crippen LogP contribution in [0.5, 0.6) is 5.75 Å². The molecular weight excluding hydrogens is 502 g/mol. The molecular formula is C30H43NO8. The van der Waals surface area contributed by atoms with Crippen LogP contribution in [-0.4, -0.2) is 72.1 Å². The molecule has 2 heterocycles. The van der Waals surface area contributed by atoms with Gasteiger partial charge in [-0.3, -0.25) is 4.90 Å². The molecule has 0 radical (unpaired) electrons. The molecule has 2 aliphatic rings. The van der Waals surface area contributed by atoms with E-state index in [0.717, 1.165) is 11.3 Å². The molecule has 0 spiro atoms. The Morgan fingerprint density at radius 1 is 1.03 bits per heavy atom. The zero-order valence-corrected chi connectivity index (χ0v) is 24.6. The predicted molar refractivity (Wildman–Crippen MR) is 147 cm³/mol. The molecule has 9 heteroatoms. The largest absolute Gasteiger partial charge is 0.494 e. The number of nitrogens with zero attached hydrogens (tertiary/aromatic N) is 1. The van der Waals surface area contributed by atoms with Crippen molar-refractivity contribution in [2.75, 3.05) is 13.7 Å². The first-order valence-corrected chi connectivity index (χ1v) is 13.4. The van der Waals surface area contributed by atoms with Crippen molar-refractivity contribution in [1.29, 1.82) is 0 Å². The first-order valence-electron chi connectivity index (χ1n) is 13.4. The highest BCUT2D eigenvalue weighted by molar-refractivity contribution is 5.79. The zero-order valence-electron chi connectivity index (χ0n) is 24.6. The van der Waals surface area contributed by atoms with Gasteiger partial charge in [-0.1, -0.05) is 36.4 Å². The van der Waals surface area contributed by atoms with Gasteiger partial charge >= 0.3 is 12.1 Å². The van der Waals surface area contributed by atoms with Crippen LogP contribution in [0, 0.1) is 0 Å². The Bertz CT molecular complexity index is 1050. The van der Waals surface area contributed by atoms with Crippen LogP contribution in [0.25, 0.3) is 6.08 Å². The second-order valence-electron chi connectivity index (χ2n) is 11.5. The number of carbonyl (C=O) groups is 2. The summed E-state index contributed by atoms with van der Waals surface area (Å²) < 4.78 is 34.9. The Hall–Kier alpha value is -2.88. The van der Waals surface area contributed by atoms with Gasteiger partial charge in [-0.05, 0) is 79.5 Å². The van der Waals surface area contributed by atoms with Gasteiger partial charge in [-0.2, -0.15) is 0 Å². The Kier molecular flexibility index (Phi) is 9.51. The van der Waals surface area contributed by atoms with Gasteiger partial charge in [0.1, 0.15) is 29.2 Å². The van der Waals surface area contributed by atoms with Crippen molar-refractivity contribution in [3.8, 4) is 5.75 Å². The van der Waals surface area contributed by atoms with Crippen molar-refractivity contribution in [3.63, 3.8) is 0 Å². The smallest absolute Gasteiger partial charge is 0.413 e. The van der Waals surface area contributed by atoms with Crippen molar-refractivity contribution in [2.24, 2.45) is 0 Å². The van der Waals surface area contributed by atoms with Crippen molar-refractivity contribution in [2.45, 2.75) is 103 Å². The summed E-state index contributed by atoms with van der Waals surface area (Å²) in [7, 11) is 1.29. The number of allylic oxidation sites excluding steroid dienone is 2. The number of amides is 1. The van der Waals surface area contributed by atoms with Gasteiger partial charge in [0, 0.05) is 0 Å². The molecule has 2 fully saturated rings. The van der Waals surface area contributed by atoms with Crippen LogP contribution < -0.4 is 4.74 Å². The average Bonchev–Trinajstić information content (AvgIpc) is 3.29. The van der Waals surface area contributed by atoms with Gasteiger partial charge in [-0.15, -0.1) is 0 Å². The fraction of sp³-hybridized carbons (Fsp3) is 0.600. The van der Waals surface area contributed by atoms with E-state index in [0.29, 0.717) is 13.0 Å². The quantitative estimate of drug-likeness (QED) is 0.313. The maximum absolute atomic E-state index is 13.4. The maximum Gasteiger partial charge on any atom is 0.413 e. The third-order valence-corrected chi connectivity index (χ3v) is 6.28. The molecule has 2 saturated heterocycles. The van der Waals surface area contributed by atoms with Crippen molar-refractivity contribution in [1.82, 2.24) is 4.90 Å². The summed E-state index contributed by atoms with van der Waals surface area (Å²) in [5.41, 5.74) is -0.852. The molecule has 1 aromatic carbocycles. The van der Waals surface area contributed by atoms with E-state index in [9.17, 15) is 9.59 Å². The molecule has 0 saturated carbocycles. The molecule has 1 aromatic rings. The fourth-order valence-corrected chi connectivity index (χ4v) is 4.84. The number of hydrogen-bond donors (Lipinski definition) is 0. The monoisotopic (exact) mass is 545 g/mol. The molecule has 216 valence electrons.